The summed E-state index contributed by atoms with van der Waals surface area (Å²) in [6.45, 7) is 2.01. The van der Waals surface area contributed by atoms with E-state index in [-0.39, 0.29) is 23.2 Å². The van der Waals surface area contributed by atoms with Crippen molar-refractivity contribution in [2.75, 3.05) is 0 Å². The summed E-state index contributed by atoms with van der Waals surface area (Å²) in [6.07, 6.45) is -3.70. The first kappa shape index (κ1) is 16.8. The number of aromatic nitrogens is 3. The summed E-state index contributed by atoms with van der Waals surface area (Å²) in [5.41, 5.74) is 0.164. The van der Waals surface area contributed by atoms with Crippen LogP contribution in [0, 0.1) is 0 Å². The smallest absolute Gasteiger partial charge is 0.388 e. The Morgan fingerprint density at radius 3 is 2.45 bits per heavy atom. The molecule has 0 amide bonds. The van der Waals surface area contributed by atoms with Gasteiger partial charge in [0.15, 0.2) is 11.0 Å². The van der Waals surface area contributed by atoms with E-state index in [1.54, 1.807) is 18.2 Å². The van der Waals surface area contributed by atoms with E-state index in [1.165, 1.54) is 16.7 Å². The van der Waals surface area contributed by atoms with Gasteiger partial charge in [-0.3, -0.25) is 0 Å². The number of aliphatic hydroxyl groups excluding tert-OH is 1. The van der Waals surface area contributed by atoms with Crippen LogP contribution in [0.5, 0.6) is 0 Å². The third-order valence-electron chi connectivity index (χ3n) is 3.00. The molecule has 1 aromatic carbocycles. The van der Waals surface area contributed by atoms with Crippen molar-refractivity contribution in [1.29, 1.82) is 0 Å². The molecule has 1 aromatic heterocycles. The molecule has 4 nitrogen and oxygen atoms in total. The van der Waals surface area contributed by atoms with Gasteiger partial charge in [-0.15, -0.1) is 10.2 Å². The predicted molar refractivity (Wildman–Crippen MR) is 77.3 cm³/mol. The van der Waals surface area contributed by atoms with Gasteiger partial charge in [0, 0.05) is 6.54 Å². The zero-order valence-electron chi connectivity index (χ0n) is 11.9. The fourth-order valence-electron chi connectivity index (χ4n) is 2.03. The van der Waals surface area contributed by atoms with Crippen LogP contribution in [-0.4, -0.2) is 26.0 Å². The minimum Gasteiger partial charge on any atom is -0.388 e. The number of halogens is 3. The molecule has 1 unspecified atom stereocenters. The van der Waals surface area contributed by atoms with Gasteiger partial charge in [-0.1, -0.05) is 49.0 Å². The van der Waals surface area contributed by atoms with Gasteiger partial charge in [0.05, 0.1) is 0 Å². The lowest BCUT2D eigenvalue weighted by Crippen LogP contribution is -2.19. The molecule has 8 heteroatoms. The van der Waals surface area contributed by atoms with Crippen LogP contribution in [0.4, 0.5) is 13.2 Å². The van der Waals surface area contributed by atoms with Crippen LogP contribution in [-0.2, 0) is 13.2 Å². The van der Waals surface area contributed by atoms with Crippen LogP contribution >= 0.6 is 11.8 Å². The number of rotatable bonds is 6. The van der Waals surface area contributed by atoms with E-state index in [0.717, 1.165) is 0 Å². The highest BCUT2D eigenvalue weighted by atomic mass is 32.2. The minimum absolute atomic E-state index is 0.164. The molecule has 0 bridgehead atoms. The van der Waals surface area contributed by atoms with Crippen LogP contribution < -0.4 is 0 Å². The molecular weight excluding hydrogens is 315 g/mol. The van der Waals surface area contributed by atoms with E-state index >= 15 is 0 Å². The quantitative estimate of drug-likeness (QED) is 0.822. The average molecular weight is 331 g/mol. The van der Waals surface area contributed by atoms with Crippen LogP contribution in [0.15, 0.2) is 35.5 Å². The van der Waals surface area contributed by atoms with Crippen LogP contribution in [0.3, 0.4) is 0 Å². The Bertz CT molecular complexity index is 601. The Morgan fingerprint density at radius 1 is 1.23 bits per heavy atom. The Morgan fingerprint density at radius 2 is 1.91 bits per heavy atom. The third-order valence-corrected chi connectivity index (χ3v) is 4.29. The molecule has 0 spiro atoms. The maximum Gasteiger partial charge on any atom is 0.404 e. The molecule has 120 valence electrons. The molecule has 2 aromatic rings. The van der Waals surface area contributed by atoms with Gasteiger partial charge in [0.2, 0.25) is 0 Å². The molecule has 0 aliphatic carbocycles. The molecule has 0 aliphatic heterocycles. The Balaban J connectivity index is 2.34. The van der Waals surface area contributed by atoms with Crippen molar-refractivity contribution < 1.29 is 18.3 Å². The number of hydrogen-bond donors (Lipinski definition) is 1. The lowest BCUT2D eigenvalue weighted by molar-refractivity contribution is -0.129. The largest absolute Gasteiger partial charge is 0.404 e. The fraction of sp³-hybridized carbons (Fsp3) is 0.429. The highest BCUT2D eigenvalue weighted by Crippen LogP contribution is 2.46. The van der Waals surface area contributed by atoms with Gasteiger partial charge >= 0.3 is 6.18 Å². The number of alkyl halides is 3. The number of hydrogen-bond acceptors (Lipinski definition) is 4. The molecule has 0 saturated carbocycles. The first-order chi connectivity index (χ1) is 10.5. The molecule has 1 atom stereocenters. The van der Waals surface area contributed by atoms with E-state index in [9.17, 15) is 18.3 Å². The summed E-state index contributed by atoms with van der Waals surface area (Å²) in [5, 5.41) is 15.2. The van der Waals surface area contributed by atoms with Crippen molar-refractivity contribution >= 4 is 11.8 Å². The van der Waals surface area contributed by atoms with Crippen molar-refractivity contribution in [1.82, 2.24) is 14.8 Å². The Hall–Kier alpha value is -1.54. The highest BCUT2D eigenvalue weighted by molar-refractivity contribution is 7.99. The topological polar surface area (TPSA) is 50.9 Å². The maximum atomic E-state index is 13.4. The minimum atomic E-state index is -4.41. The van der Waals surface area contributed by atoms with Gasteiger partial charge in [-0.2, -0.15) is 13.2 Å². The Labute approximate surface area is 130 Å². The van der Waals surface area contributed by atoms with E-state index in [4.69, 9.17) is 0 Å². The second-order valence-electron chi connectivity index (χ2n) is 4.66. The molecule has 0 saturated heterocycles. The summed E-state index contributed by atoms with van der Waals surface area (Å²) in [6, 6.07) is 7.71. The highest BCUT2D eigenvalue weighted by Gasteiger charge is 2.42. The molecule has 1 N–H and O–H groups in total. The summed E-state index contributed by atoms with van der Waals surface area (Å²) in [4.78, 5) is 0. The second-order valence-corrected chi connectivity index (χ2v) is 5.73. The predicted octanol–water partition coefficient (Wildman–Crippen LogP) is 3.58. The fourth-order valence-corrected chi connectivity index (χ4v) is 3.08. The SMILES string of the molecule is CCCn1c(CO)nnc1SC(c1ccccc1)C(F)(F)F. The van der Waals surface area contributed by atoms with E-state index in [0.29, 0.717) is 24.7 Å². The summed E-state index contributed by atoms with van der Waals surface area (Å²) >= 11 is 0.605. The number of nitrogens with zero attached hydrogens (tertiary/aromatic N) is 3. The van der Waals surface area contributed by atoms with Crippen LogP contribution in [0.25, 0.3) is 0 Å². The first-order valence-corrected chi connectivity index (χ1v) is 7.66. The summed E-state index contributed by atoms with van der Waals surface area (Å²) in [7, 11) is 0. The lowest BCUT2D eigenvalue weighted by atomic mass is 10.1. The van der Waals surface area contributed by atoms with Gasteiger partial charge in [0.25, 0.3) is 0 Å². The molecular formula is C14H16F3N3OS. The van der Waals surface area contributed by atoms with Crippen molar-refractivity contribution in [3.8, 4) is 0 Å². The van der Waals surface area contributed by atoms with Crippen LogP contribution in [0.2, 0.25) is 0 Å². The molecule has 2 rings (SSSR count). The van der Waals surface area contributed by atoms with Crippen molar-refractivity contribution in [3.05, 3.63) is 41.7 Å². The molecule has 0 aliphatic rings. The van der Waals surface area contributed by atoms with Crippen molar-refractivity contribution in [2.24, 2.45) is 0 Å². The Kier molecular flexibility index (Phi) is 5.47. The van der Waals surface area contributed by atoms with Gasteiger partial charge < -0.3 is 9.67 Å². The summed E-state index contributed by atoms with van der Waals surface area (Å²) < 4.78 is 41.6. The number of benzene rings is 1. The van der Waals surface area contributed by atoms with E-state index in [2.05, 4.69) is 10.2 Å². The maximum absolute atomic E-state index is 13.4. The monoisotopic (exact) mass is 331 g/mol. The molecule has 1 heterocycles. The van der Waals surface area contributed by atoms with Gasteiger partial charge in [-0.05, 0) is 12.0 Å². The zero-order valence-corrected chi connectivity index (χ0v) is 12.7. The van der Waals surface area contributed by atoms with Crippen molar-refractivity contribution in [2.45, 2.75) is 43.1 Å². The van der Waals surface area contributed by atoms with Gasteiger partial charge in [0.1, 0.15) is 11.9 Å². The number of aliphatic hydroxyl groups is 1. The molecule has 22 heavy (non-hydrogen) atoms. The molecule has 0 radical (unpaired) electrons. The summed E-state index contributed by atoms with van der Waals surface area (Å²) in [5.74, 6) is 0.276. The standard InChI is InChI=1S/C14H16F3N3OS/c1-2-8-20-11(9-21)18-19-13(20)22-12(14(15,16)17)10-6-4-3-5-7-10/h3-7,12,21H,2,8-9H2,1H3. The average Bonchev–Trinajstić information content (AvgIpc) is 2.87. The van der Waals surface area contributed by atoms with Crippen molar-refractivity contribution in [3.63, 3.8) is 0 Å². The third kappa shape index (κ3) is 3.80. The lowest BCUT2D eigenvalue weighted by Gasteiger charge is -2.20. The second kappa shape index (κ2) is 7.15. The zero-order chi connectivity index (χ0) is 16.2. The van der Waals surface area contributed by atoms with Gasteiger partial charge in [-0.25, -0.2) is 0 Å². The van der Waals surface area contributed by atoms with E-state index < -0.39 is 11.4 Å². The van der Waals surface area contributed by atoms with E-state index in [1.807, 2.05) is 6.92 Å². The molecule has 0 fully saturated rings. The first-order valence-electron chi connectivity index (χ1n) is 6.78. The van der Waals surface area contributed by atoms with Crippen LogP contribution in [0.1, 0.15) is 30.0 Å². The number of thioether (sulfide) groups is 1. The normalized spacial score (nSPS) is 13.3.